The summed E-state index contributed by atoms with van der Waals surface area (Å²) < 4.78 is 31.3. The molecule has 0 spiro atoms. The number of anilines is 1. The highest BCUT2D eigenvalue weighted by Gasteiger charge is 2.23. The average Bonchev–Trinajstić information content (AvgIpc) is 2.65. The number of nitrogens with one attached hydrogen (secondary N) is 1. The van der Waals surface area contributed by atoms with Crippen LogP contribution >= 0.6 is 0 Å². The Morgan fingerprint density at radius 3 is 2.38 bits per heavy atom. The summed E-state index contributed by atoms with van der Waals surface area (Å²) in [5.74, 6) is 0.571. The fourth-order valence-electron chi connectivity index (χ4n) is 3.10. The van der Waals surface area contributed by atoms with Gasteiger partial charge in [0.2, 0.25) is 15.9 Å². The number of amides is 1. The van der Waals surface area contributed by atoms with E-state index in [9.17, 15) is 13.2 Å². The second-order valence-electron chi connectivity index (χ2n) is 7.36. The third kappa shape index (κ3) is 7.09. The number of ether oxygens (including phenoxy) is 1. The van der Waals surface area contributed by atoms with Gasteiger partial charge in [-0.25, -0.2) is 8.42 Å². The van der Waals surface area contributed by atoms with Crippen LogP contribution in [-0.2, 0) is 14.8 Å². The van der Waals surface area contributed by atoms with Crippen LogP contribution in [0.3, 0.4) is 0 Å². The monoisotopic (exact) mass is 418 g/mol. The van der Waals surface area contributed by atoms with Crippen molar-refractivity contribution in [2.75, 3.05) is 23.7 Å². The summed E-state index contributed by atoms with van der Waals surface area (Å²) in [5.41, 5.74) is 1.40. The van der Waals surface area contributed by atoms with Gasteiger partial charge in [-0.05, 0) is 37.0 Å². The first-order chi connectivity index (χ1) is 13.7. The Labute approximate surface area is 173 Å². The Hall–Kier alpha value is -2.54. The van der Waals surface area contributed by atoms with Crippen LogP contribution < -0.4 is 14.4 Å². The molecule has 158 valence electrons. The second-order valence-corrected chi connectivity index (χ2v) is 9.27. The van der Waals surface area contributed by atoms with Crippen molar-refractivity contribution >= 4 is 21.6 Å². The number of hydrogen-bond donors (Lipinski definition) is 1. The van der Waals surface area contributed by atoms with Crippen molar-refractivity contribution in [3.05, 3.63) is 60.2 Å². The molecule has 6 nitrogen and oxygen atoms in total. The Bertz CT molecular complexity index is 898. The number of hydrogen-bond acceptors (Lipinski definition) is 4. The largest absolute Gasteiger partial charge is 0.494 e. The topological polar surface area (TPSA) is 75.7 Å². The van der Waals surface area contributed by atoms with E-state index in [-0.39, 0.29) is 18.5 Å². The van der Waals surface area contributed by atoms with Crippen molar-refractivity contribution in [2.45, 2.75) is 33.2 Å². The van der Waals surface area contributed by atoms with E-state index in [4.69, 9.17) is 4.74 Å². The maximum Gasteiger partial charge on any atom is 0.241 e. The molecule has 2 rings (SSSR count). The van der Waals surface area contributed by atoms with Crippen molar-refractivity contribution in [3.63, 3.8) is 0 Å². The normalized spacial score (nSPS) is 12.4. The first-order valence-corrected chi connectivity index (χ1v) is 11.6. The zero-order chi connectivity index (χ0) is 21.4. The first-order valence-electron chi connectivity index (χ1n) is 9.75. The summed E-state index contributed by atoms with van der Waals surface area (Å²) in [6.45, 7) is 6.20. The standard InChI is InChI=1S/C22H30N2O4S/c1-5-28-20-13-9-12-19(15-20)24(29(4,26)27)16-22(25)23-21(14-17(2)3)18-10-7-6-8-11-18/h6-13,15,17,21H,5,14,16H2,1-4H3,(H,23,25)/t21-/m1/s1. The lowest BCUT2D eigenvalue weighted by Gasteiger charge is -2.25. The van der Waals surface area contributed by atoms with Gasteiger partial charge in [0.05, 0.1) is 24.6 Å². The molecule has 1 amide bonds. The van der Waals surface area contributed by atoms with E-state index in [2.05, 4.69) is 19.2 Å². The number of benzene rings is 2. The van der Waals surface area contributed by atoms with Gasteiger partial charge in [-0.1, -0.05) is 50.2 Å². The third-order valence-electron chi connectivity index (χ3n) is 4.35. The molecule has 7 heteroatoms. The molecular weight excluding hydrogens is 388 g/mol. The second kappa shape index (κ2) is 10.3. The van der Waals surface area contributed by atoms with E-state index in [0.29, 0.717) is 24.0 Å². The Balaban J connectivity index is 2.22. The third-order valence-corrected chi connectivity index (χ3v) is 5.49. The summed E-state index contributed by atoms with van der Waals surface area (Å²) >= 11 is 0. The van der Waals surface area contributed by atoms with E-state index in [0.717, 1.165) is 22.5 Å². The molecule has 0 aromatic heterocycles. The molecule has 1 N–H and O–H groups in total. The van der Waals surface area contributed by atoms with Crippen LogP contribution in [0.1, 0.15) is 38.8 Å². The van der Waals surface area contributed by atoms with E-state index in [1.807, 2.05) is 37.3 Å². The van der Waals surface area contributed by atoms with Crippen molar-refractivity contribution in [3.8, 4) is 5.75 Å². The van der Waals surface area contributed by atoms with E-state index < -0.39 is 10.0 Å². The van der Waals surface area contributed by atoms with Crippen LogP contribution in [0.2, 0.25) is 0 Å². The molecule has 2 aromatic rings. The zero-order valence-electron chi connectivity index (χ0n) is 17.5. The Kier molecular flexibility index (Phi) is 8.08. The highest BCUT2D eigenvalue weighted by molar-refractivity contribution is 7.92. The number of nitrogens with zero attached hydrogens (tertiary/aromatic N) is 1. The van der Waals surface area contributed by atoms with Gasteiger partial charge < -0.3 is 10.1 Å². The summed E-state index contributed by atoms with van der Waals surface area (Å²) in [7, 11) is -3.65. The van der Waals surface area contributed by atoms with Gasteiger partial charge >= 0.3 is 0 Å². The van der Waals surface area contributed by atoms with Crippen LogP contribution in [-0.4, -0.2) is 33.7 Å². The van der Waals surface area contributed by atoms with Gasteiger partial charge in [-0.2, -0.15) is 0 Å². The quantitative estimate of drug-likeness (QED) is 0.637. The Morgan fingerprint density at radius 1 is 1.10 bits per heavy atom. The predicted octanol–water partition coefficient (Wildman–Crippen LogP) is 3.75. The molecule has 2 aromatic carbocycles. The molecule has 29 heavy (non-hydrogen) atoms. The van der Waals surface area contributed by atoms with E-state index in [1.54, 1.807) is 24.3 Å². The van der Waals surface area contributed by atoms with Crippen LogP contribution in [0.5, 0.6) is 5.75 Å². The molecule has 0 saturated heterocycles. The Morgan fingerprint density at radius 2 is 1.79 bits per heavy atom. The molecule has 0 radical (unpaired) electrons. The fraction of sp³-hybridized carbons (Fsp3) is 0.409. The van der Waals surface area contributed by atoms with E-state index >= 15 is 0 Å². The molecule has 0 aliphatic heterocycles. The molecule has 1 atom stereocenters. The highest BCUT2D eigenvalue weighted by Crippen LogP contribution is 2.24. The number of carbonyl (C=O) groups is 1. The fourth-order valence-corrected chi connectivity index (χ4v) is 3.95. The van der Waals surface area contributed by atoms with Crippen LogP contribution in [0.25, 0.3) is 0 Å². The van der Waals surface area contributed by atoms with Crippen molar-refractivity contribution in [1.82, 2.24) is 5.32 Å². The first kappa shape index (κ1) is 22.7. The van der Waals surface area contributed by atoms with Gasteiger partial charge in [0, 0.05) is 6.07 Å². The summed E-state index contributed by atoms with van der Waals surface area (Å²) in [4.78, 5) is 12.8. The SMILES string of the molecule is CCOc1cccc(N(CC(=O)N[C@H](CC(C)C)c2ccccc2)S(C)(=O)=O)c1. The molecule has 0 unspecified atom stereocenters. The molecule has 0 aliphatic rings. The average molecular weight is 419 g/mol. The lowest BCUT2D eigenvalue weighted by atomic mass is 9.97. The molecule has 0 aliphatic carbocycles. The van der Waals surface area contributed by atoms with Crippen LogP contribution in [0.15, 0.2) is 54.6 Å². The minimum atomic E-state index is -3.65. The molecule has 0 heterocycles. The van der Waals surface area contributed by atoms with Crippen LogP contribution in [0.4, 0.5) is 5.69 Å². The maximum absolute atomic E-state index is 12.8. The van der Waals surface area contributed by atoms with Gasteiger partial charge in [0.15, 0.2) is 0 Å². The van der Waals surface area contributed by atoms with Crippen molar-refractivity contribution in [2.24, 2.45) is 5.92 Å². The number of rotatable bonds is 10. The number of sulfonamides is 1. The van der Waals surface area contributed by atoms with Crippen molar-refractivity contribution in [1.29, 1.82) is 0 Å². The van der Waals surface area contributed by atoms with Crippen molar-refractivity contribution < 1.29 is 17.9 Å². The summed E-state index contributed by atoms with van der Waals surface area (Å²) in [6.07, 6.45) is 1.85. The summed E-state index contributed by atoms with van der Waals surface area (Å²) in [6, 6.07) is 16.3. The highest BCUT2D eigenvalue weighted by atomic mass is 32.2. The molecule has 0 fully saturated rings. The minimum Gasteiger partial charge on any atom is -0.494 e. The molecular formula is C22H30N2O4S. The lowest BCUT2D eigenvalue weighted by molar-refractivity contribution is -0.120. The van der Waals surface area contributed by atoms with E-state index in [1.165, 1.54) is 0 Å². The number of carbonyl (C=O) groups excluding carboxylic acids is 1. The van der Waals surface area contributed by atoms with Gasteiger partial charge in [-0.3, -0.25) is 9.10 Å². The van der Waals surface area contributed by atoms with Gasteiger partial charge in [0.25, 0.3) is 0 Å². The smallest absolute Gasteiger partial charge is 0.241 e. The maximum atomic E-state index is 12.8. The molecule has 0 bridgehead atoms. The van der Waals surface area contributed by atoms with Gasteiger partial charge in [-0.15, -0.1) is 0 Å². The zero-order valence-corrected chi connectivity index (χ0v) is 18.3. The predicted molar refractivity (Wildman–Crippen MR) is 117 cm³/mol. The lowest BCUT2D eigenvalue weighted by Crippen LogP contribution is -2.41. The van der Waals surface area contributed by atoms with Gasteiger partial charge in [0.1, 0.15) is 12.3 Å². The summed E-state index contributed by atoms with van der Waals surface area (Å²) in [5, 5.41) is 3.00. The minimum absolute atomic E-state index is 0.181. The molecule has 0 saturated carbocycles. The van der Waals surface area contributed by atoms with Crippen LogP contribution in [0, 0.1) is 5.92 Å².